The van der Waals surface area contributed by atoms with Crippen molar-refractivity contribution in [1.29, 1.82) is 0 Å². The van der Waals surface area contributed by atoms with Crippen LogP contribution in [0.15, 0.2) is 0 Å². The largest absolute Gasteiger partial charge is 0.481 e. The third-order valence-corrected chi connectivity index (χ3v) is 3.58. The quantitative estimate of drug-likeness (QED) is 0.764. The number of aliphatic carboxylic acids is 1. The average molecular weight is 256 g/mol. The Labute approximate surface area is 109 Å². The Morgan fingerprint density at radius 1 is 1.44 bits per heavy atom. The molecule has 0 saturated carbocycles. The second-order valence-electron chi connectivity index (χ2n) is 5.24. The summed E-state index contributed by atoms with van der Waals surface area (Å²) < 4.78 is 0. The number of nitrogens with one attached hydrogen (secondary N) is 1. The van der Waals surface area contributed by atoms with E-state index in [2.05, 4.69) is 12.2 Å². The van der Waals surface area contributed by atoms with Gasteiger partial charge < -0.3 is 15.3 Å². The molecule has 0 aliphatic carbocycles. The summed E-state index contributed by atoms with van der Waals surface area (Å²) >= 11 is 0. The van der Waals surface area contributed by atoms with Crippen molar-refractivity contribution in [2.45, 2.75) is 52.0 Å². The molecule has 2 unspecified atom stereocenters. The summed E-state index contributed by atoms with van der Waals surface area (Å²) in [5.41, 5.74) is 0. The Balaban J connectivity index is 2.13. The van der Waals surface area contributed by atoms with Gasteiger partial charge in [0.25, 0.3) is 0 Å². The van der Waals surface area contributed by atoms with Gasteiger partial charge in [0.2, 0.25) is 0 Å². The van der Waals surface area contributed by atoms with Crippen molar-refractivity contribution in [3.05, 3.63) is 0 Å². The smallest absolute Gasteiger partial charge is 0.317 e. The molecule has 0 spiro atoms. The molecule has 1 saturated heterocycles. The first-order chi connectivity index (χ1) is 8.50. The fourth-order valence-electron chi connectivity index (χ4n) is 2.28. The summed E-state index contributed by atoms with van der Waals surface area (Å²) in [5.74, 6) is -0.422. The van der Waals surface area contributed by atoms with Crippen LogP contribution in [0.4, 0.5) is 4.79 Å². The molecule has 104 valence electrons. The topological polar surface area (TPSA) is 69.6 Å². The minimum Gasteiger partial charge on any atom is -0.481 e. The van der Waals surface area contributed by atoms with Crippen LogP contribution in [0.3, 0.4) is 0 Å². The minimum absolute atomic E-state index is 0.0189. The molecule has 0 aromatic rings. The number of hydrogen-bond acceptors (Lipinski definition) is 2. The lowest BCUT2D eigenvalue weighted by molar-refractivity contribution is -0.137. The van der Waals surface area contributed by atoms with E-state index in [9.17, 15) is 9.59 Å². The summed E-state index contributed by atoms with van der Waals surface area (Å²) in [6, 6.07) is 0.361. The van der Waals surface area contributed by atoms with Crippen LogP contribution in [0.5, 0.6) is 0 Å². The van der Waals surface area contributed by atoms with E-state index in [1.54, 1.807) is 0 Å². The van der Waals surface area contributed by atoms with E-state index in [0.717, 1.165) is 25.8 Å². The molecule has 2 N–H and O–H groups in total. The van der Waals surface area contributed by atoms with Crippen molar-refractivity contribution < 1.29 is 14.7 Å². The van der Waals surface area contributed by atoms with Gasteiger partial charge in [-0.1, -0.05) is 6.92 Å². The highest BCUT2D eigenvalue weighted by Crippen LogP contribution is 2.16. The van der Waals surface area contributed by atoms with Gasteiger partial charge in [0.15, 0.2) is 0 Å². The average Bonchev–Trinajstić information content (AvgIpc) is 2.72. The van der Waals surface area contributed by atoms with Crippen LogP contribution >= 0.6 is 0 Å². The van der Waals surface area contributed by atoms with Crippen molar-refractivity contribution >= 4 is 12.0 Å². The Kier molecular flexibility index (Phi) is 5.95. The Morgan fingerprint density at radius 2 is 2.17 bits per heavy atom. The van der Waals surface area contributed by atoms with Gasteiger partial charge in [-0.15, -0.1) is 0 Å². The number of carboxylic acid groups (broad SMARTS) is 1. The normalized spacial score (nSPS) is 20.8. The Bertz CT molecular complexity index is 294. The molecule has 1 aliphatic heterocycles. The van der Waals surface area contributed by atoms with Crippen LogP contribution in [-0.2, 0) is 4.79 Å². The third-order valence-electron chi connectivity index (χ3n) is 3.58. The molecule has 0 aromatic carbocycles. The lowest BCUT2D eigenvalue weighted by Gasteiger charge is -2.22. The Hall–Kier alpha value is -1.26. The third kappa shape index (κ3) is 4.94. The van der Waals surface area contributed by atoms with Gasteiger partial charge in [-0.2, -0.15) is 0 Å². The number of hydrogen-bond donors (Lipinski definition) is 2. The number of carboxylic acids is 1. The van der Waals surface area contributed by atoms with Crippen LogP contribution in [0.1, 0.15) is 46.0 Å². The van der Waals surface area contributed by atoms with Gasteiger partial charge in [0, 0.05) is 25.6 Å². The molecule has 2 amide bonds. The van der Waals surface area contributed by atoms with Crippen LogP contribution in [0.25, 0.3) is 0 Å². The van der Waals surface area contributed by atoms with Crippen molar-refractivity contribution in [2.24, 2.45) is 5.92 Å². The number of rotatable bonds is 6. The van der Waals surface area contributed by atoms with E-state index < -0.39 is 5.97 Å². The summed E-state index contributed by atoms with van der Waals surface area (Å²) in [4.78, 5) is 24.1. The zero-order valence-electron chi connectivity index (χ0n) is 11.3. The van der Waals surface area contributed by atoms with Crippen LogP contribution < -0.4 is 5.32 Å². The van der Waals surface area contributed by atoms with Gasteiger partial charge in [-0.3, -0.25) is 4.79 Å². The highest BCUT2D eigenvalue weighted by atomic mass is 16.4. The van der Waals surface area contributed by atoms with Crippen molar-refractivity contribution in [3.8, 4) is 0 Å². The van der Waals surface area contributed by atoms with E-state index in [-0.39, 0.29) is 12.5 Å². The highest BCUT2D eigenvalue weighted by Gasteiger charge is 2.24. The number of carbonyl (C=O) groups excluding carboxylic acids is 1. The number of amides is 2. The molecular weight excluding hydrogens is 232 g/mol. The van der Waals surface area contributed by atoms with Gasteiger partial charge >= 0.3 is 12.0 Å². The second kappa shape index (κ2) is 7.24. The number of carbonyl (C=O) groups is 2. The first-order valence-electron chi connectivity index (χ1n) is 6.77. The monoisotopic (exact) mass is 256 g/mol. The van der Waals surface area contributed by atoms with Gasteiger partial charge in [-0.25, -0.2) is 4.79 Å². The lowest BCUT2D eigenvalue weighted by Crippen LogP contribution is -2.42. The molecule has 5 heteroatoms. The maximum absolute atomic E-state index is 11.8. The SMILES string of the molecule is CC(CCNC(=O)N1CCCC1C)CCC(=O)O. The van der Waals surface area contributed by atoms with Gasteiger partial charge in [0.1, 0.15) is 0 Å². The van der Waals surface area contributed by atoms with Crippen LogP contribution in [0, 0.1) is 5.92 Å². The zero-order valence-corrected chi connectivity index (χ0v) is 11.3. The molecule has 5 nitrogen and oxygen atoms in total. The van der Waals surface area contributed by atoms with Gasteiger partial charge in [0.05, 0.1) is 0 Å². The minimum atomic E-state index is -0.753. The summed E-state index contributed by atoms with van der Waals surface area (Å²) in [7, 11) is 0. The standard InChI is InChI=1S/C13H24N2O3/c1-10(5-6-12(16)17)7-8-14-13(18)15-9-3-4-11(15)2/h10-11H,3-9H2,1-2H3,(H,14,18)(H,16,17). The molecule has 0 bridgehead atoms. The highest BCUT2D eigenvalue weighted by molar-refractivity contribution is 5.74. The first kappa shape index (κ1) is 14.8. The molecule has 2 atom stereocenters. The van der Waals surface area contributed by atoms with E-state index in [1.165, 1.54) is 0 Å². The molecule has 1 aliphatic rings. The van der Waals surface area contributed by atoms with Crippen molar-refractivity contribution in [2.75, 3.05) is 13.1 Å². The molecule has 1 fully saturated rings. The van der Waals surface area contributed by atoms with Crippen molar-refractivity contribution in [1.82, 2.24) is 10.2 Å². The molecule has 1 rings (SSSR count). The second-order valence-corrected chi connectivity index (χ2v) is 5.24. The molecule has 0 aromatic heterocycles. The first-order valence-corrected chi connectivity index (χ1v) is 6.77. The van der Waals surface area contributed by atoms with Crippen LogP contribution in [-0.4, -0.2) is 41.1 Å². The predicted molar refractivity (Wildman–Crippen MR) is 69.5 cm³/mol. The number of nitrogens with zero attached hydrogens (tertiary/aromatic N) is 1. The maximum Gasteiger partial charge on any atom is 0.317 e. The fourth-order valence-corrected chi connectivity index (χ4v) is 2.28. The maximum atomic E-state index is 11.8. The van der Waals surface area contributed by atoms with Crippen molar-refractivity contribution in [3.63, 3.8) is 0 Å². The van der Waals surface area contributed by atoms with Gasteiger partial charge in [-0.05, 0) is 38.5 Å². The van der Waals surface area contributed by atoms with Crippen LogP contribution in [0.2, 0.25) is 0 Å². The lowest BCUT2D eigenvalue weighted by atomic mass is 10.0. The van der Waals surface area contributed by atoms with E-state index >= 15 is 0 Å². The molecule has 1 heterocycles. The molecule has 0 radical (unpaired) electrons. The molecular formula is C13H24N2O3. The van der Waals surface area contributed by atoms with E-state index in [0.29, 0.717) is 24.9 Å². The summed E-state index contributed by atoms with van der Waals surface area (Å²) in [6.07, 6.45) is 3.89. The Morgan fingerprint density at radius 3 is 2.72 bits per heavy atom. The number of likely N-dealkylation sites (tertiary alicyclic amines) is 1. The van der Waals surface area contributed by atoms with E-state index in [1.807, 2.05) is 11.8 Å². The molecule has 18 heavy (non-hydrogen) atoms. The fraction of sp³-hybridized carbons (Fsp3) is 0.846. The summed E-state index contributed by atoms with van der Waals surface area (Å²) in [6.45, 7) is 5.57. The number of urea groups is 1. The predicted octanol–water partition coefficient (Wildman–Crippen LogP) is 2.07. The zero-order chi connectivity index (χ0) is 13.5. The summed E-state index contributed by atoms with van der Waals surface area (Å²) in [5, 5.41) is 11.5. The van der Waals surface area contributed by atoms with E-state index in [4.69, 9.17) is 5.11 Å².